The second-order valence-electron chi connectivity index (χ2n) is 4.88. The van der Waals surface area contributed by atoms with Gasteiger partial charge in [0.25, 0.3) is 0 Å². The second-order valence-corrected chi connectivity index (χ2v) is 4.88. The number of benzene rings is 1. The van der Waals surface area contributed by atoms with Crippen LogP contribution in [0.5, 0.6) is 0 Å². The van der Waals surface area contributed by atoms with Gasteiger partial charge < -0.3 is 10.2 Å². The van der Waals surface area contributed by atoms with Crippen LogP contribution in [0.1, 0.15) is 5.56 Å². The molecule has 0 saturated carbocycles. The molecule has 1 aromatic heterocycles. The van der Waals surface area contributed by atoms with Crippen LogP contribution in [0.15, 0.2) is 24.3 Å². The molecule has 0 aliphatic carbocycles. The number of tetrazole rings is 1. The summed E-state index contributed by atoms with van der Waals surface area (Å²) in [7, 11) is 3.07. The van der Waals surface area contributed by atoms with Gasteiger partial charge in [0.15, 0.2) is 0 Å². The summed E-state index contributed by atoms with van der Waals surface area (Å²) >= 11 is 0. The number of carbonyl (C=O) groups excluding carboxylic acids is 2. The van der Waals surface area contributed by atoms with Gasteiger partial charge in [-0.1, -0.05) is 24.3 Å². The topological polar surface area (TPSA) is 93.0 Å². The first-order valence-corrected chi connectivity index (χ1v) is 6.79. The van der Waals surface area contributed by atoms with Crippen LogP contribution in [0.2, 0.25) is 0 Å². The summed E-state index contributed by atoms with van der Waals surface area (Å²) in [6, 6.07) is 7.68. The number of carbonyl (C=O) groups is 2. The molecule has 0 aliphatic rings. The van der Waals surface area contributed by atoms with Crippen molar-refractivity contribution in [3.8, 4) is 11.4 Å². The molecule has 0 spiro atoms. The highest BCUT2D eigenvalue weighted by atomic mass is 16.2. The third-order valence-electron chi connectivity index (χ3n) is 3.20. The summed E-state index contributed by atoms with van der Waals surface area (Å²) in [5.74, 6) is -0.0276. The summed E-state index contributed by atoms with van der Waals surface area (Å²) in [5, 5.41) is 14.5. The fourth-order valence-corrected chi connectivity index (χ4v) is 1.87. The van der Waals surface area contributed by atoms with E-state index in [1.807, 2.05) is 31.2 Å². The van der Waals surface area contributed by atoms with E-state index in [2.05, 4.69) is 20.7 Å². The maximum absolute atomic E-state index is 12.0. The highest BCUT2D eigenvalue weighted by Gasteiger charge is 2.15. The van der Waals surface area contributed by atoms with E-state index < -0.39 is 0 Å². The van der Waals surface area contributed by atoms with E-state index >= 15 is 0 Å². The lowest BCUT2D eigenvalue weighted by Gasteiger charge is -2.15. The Morgan fingerprint density at radius 1 is 1.32 bits per heavy atom. The number of hydrogen-bond acceptors (Lipinski definition) is 5. The molecule has 116 valence electrons. The molecule has 2 rings (SSSR count). The lowest BCUT2D eigenvalue weighted by Crippen LogP contribution is -2.38. The zero-order valence-electron chi connectivity index (χ0n) is 12.8. The van der Waals surface area contributed by atoms with Gasteiger partial charge in [-0.2, -0.15) is 4.80 Å². The molecule has 0 aliphatic heterocycles. The first-order chi connectivity index (χ1) is 10.5. The van der Waals surface area contributed by atoms with Gasteiger partial charge in [0.2, 0.25) is 17.6 Å². The van der Waals surface area contributed by atoms with Gasteiger partial charge >= 0.3 is 0 Å². The van der Waals surface area contributed by atoms with Crippen molar-refractivity contribution in [2.24, 2.45) is 0 Å². The Labute approximate surface area is 128 Å². The first-order valence-electron chi connectivity index (χ1n) is 6.79. The molecule has 1 N–H and O–H groups in total. The first kappa shape index (κ1) is 15.6. The largest absolute Gasteiger partial charge is 0.358 e. The van der Waals surface area contributed by atoms with E-state index in [1.54, 1.807) is 7.05 Å². The van der Waals surface area contributed by atoms with Gasteiger partial charge in [0, 0.05) is 19.7 Å². The van der Waals surface area contributed by atoms with Crippen molar-refractivity contribution in [1.82, 2.24) is 30.4 Å². The number of aromatic nitrogens is 4. The average molecular weight is 302 g/mol. The standard InChI is InChI=1S/C14H18N6O2/c1-10-6-4-5-7-11(10)14-16-18-20(17-14)9-13(22)19(3)8-12(21)15-2/h4-7H,8-9H2,1-3H3,(H,15,21). The van der Waals surface area contributed by atoms with Crippen molar-refractivity contribution in [2.75, 3.05) is 20.6 Å². The Balaban J connectivity index is 2.05. The van der Waals surface area contributed by atoms with Crippen LogP contribution in [0.3, 0.4) is 0 Å². The Bertz CT molecular complexity index is 681. The zero-order chi connectivity index (χ0) is 16.1. The average Bonchev–Trinajstić information content (AvgIpc) is 2.95. The van der Waals surface area contributed by atoms with E-state index in [0.29, 0.717) is 5.82 Å². The van der Waals surface area contributed by atoms with Crippen molar-refractivity contribution in [1.29, 1.82) is 0 Å². The number of aryl methyl sites for hydroxylation is 1. The fourth-order valence-electron chi connectivity index (χ4n) is 1.87. The number of rotatable bonds is 5. The van der Waals surface area contributed by atoms with Crippen molar-refractivity contribution in [3.63, 3.8) is 0 Å². The summed E-state index contributed by atoms with van der Waals surface area (Å²) in [5.41, 5.74) is 1.91. The monoisotopic (exact) mass is 302 g/mol. The molecule has 1 heterocycles. The van der Waals surface area contributed by atoms with Crippen LogP contribution in [0, 0.1) is 6.92 Å². The van der Waals surface area contributed by atoms with Crippen LogP contribution < -0.4 is 5.32 Å². The smallest absolute Gasteiger partial charge is 0.246 e. The van der Waals surface area contributed by atoms with Crippen LogP contribution in [0.25, 0.3) is 11.4 Å². The quantitative estimate of drug-likeness (QED) is 0.829. The highest BCUT2D eigenvalue weighted by Crippen LogP contribution is 2.17. The van der Waals surface area contributed by atoms with E-state index in [-0.39, 0.29) is 24.9 Å². The van der Waals surface area contributed by atoms with Crippen LogP contribution in [0.4, 0.5) is 0 Å². The highest BCUT2D eigenvalue weighted by molar-refractivity contribution is 5.84. The van der Waals surface area contributed by atoms with Crippen LogP contribution in [-0.4, -0.2) is 57.6 Å². The van der Waals surface area contributed by atoms with Gasteiger partial charge in [-0.05, 0) is 17.7 Å². The minimum atomic E-state index is -0.266. The van der Waals surface area contributed by atoms with Gasteiger partial charge in [-0.3, -0.25) is 9.59 Å². The molecule has 0 fully saturated rings. The predicted molar refractivity (Wildman–Crippen MR) is 79.7 cm³/mol. The minimum Gasteiger partial charge on any atom is -0.358 e. The van der Waals surface area contributed by atoms with Crippen molar-refractivity contribution in [3.05, 3.63) is 29.8 Å². The fraction of sp³-hybridized carbons (Fsp3) is 0.357. The third-order valence-corrected chi connectivity index (χ3v) is 3.20. The third kappa shape index (κ3) is 3.66. The molecule has 8 nitrogen and oxygen atoms in total. The van der Waals surface area contributed by atoms with Gasteiger partial charge in [-0.15, -0.1) is 10.2 Å². The van der Waals surface area contributed by atoms with E-state index in [4.69, 9.17) is 0 Å². The van der Waals surface area contributed by atoms with Gasteiger partial charge in [-0.25, -0.2) is 0 Å². The molecular weight excluding hydrogens is 284 g/mol. The van der Waals surface area contributed by atoms with E-state index in [0.717, 1.165) is 11.1 Å². The van der Waals surface area contributed by atoms with Crippen molar-refractivity contribution < 1.29 is 9.59 Å². The van der Waals surface area contributed by atoms with E-state index in [1.165, 1.54) is 16.7 Å². The van der Waals surface area contributed by atoms with E-state index in [9.17, 15) is 9.59 Å². The normalized spacial score (nSPS) is 10.3. The maximum Gasteiger partial charge on any atom is 0.246 e. The SMILES string of the molecule is CNC(=O)CN(C)C(=O)Cn1nnc(-c2ccccc2C)n1. The molecule has 0 saturated heterocycles. The molecule has 2 aromatic rings. The number of nitrogens with zero attached hydrogens (tertiary/aromatic N) is 5. The minimum absolute atomic E-state index is 0.00528. The Morgan fingerprint density at radius 2 is 2.05 bits per heavy atom. The second kappa shape index (κ2) is 6.79. The van der Waals surface area contributed by atoms with Gasteiger partial charge in [0.1, 0.15) is 6.54 Å². The zero-order valence-corrected chi connectivity index (χ0v) is 12.8. The Kier molecular flexibility index (Phi) is 4.82. The summed E-state index contributed by atoms with van der Waals surface area (Å²) < 4.78 is 0. The lowest BCUT2D eigenvalue weighted by atomic mass is 10.1. The molecule has 0 radical (unpaired) electrons. The molecule has 0 atom stereocenters. The lowest BCUT2D eigenvalue weighted by molar-refractivity contribution is -0.135. The number of hydrogen-bond donors (Lipinski definition) is 1. The predicted octanol–water partition coefficient (Wildman–Crippen LogP) is -0.147. The number of likely N-dealkylation sites (N-methyl/N-ethyl adjacent to an activating group) is 2. The van der Waals surface area contributed by atoms with Crippen molar-refractivity contribution in [2.45, 2.75) is 13.5 Å². The molecule has 1 aromatic carbocycles. The molecule has 0 unspecified atom stereocenters. The molecule has 2 amide bonds. The molecule has 22 heavy (non-hydrogen) atoms. The molecule has 0 bridgehead atoms. The van der Waals surface area contributed by atoms with Crippen LogP contribution >= 0.6 is 0 Å². The summed E-state index contributed by atoms with van der Waals surface area (Å²) in [6.45, 7) is 1.89. The van der Waals surface area contributed by atoms with Crippen LogP contribution in [-0.2, 0) is 16.1 Å². The molecular formula is C14H18N6O2. The Hall–Kier alpha value is -2.77. The molecule has 8 heteroatoms. The number of amides is 2. The number of nitrogens with one attached hydrogen (secondary N) is 1. The van der Waals surface area contributed by atoms with Gasteiger partial charge in [0.05, 0.1) is 6.54 Å². The Morgan fingerprint density at radius 3 is 2.73 bits per heavy atom. The summed E-state index contributed by atoms with van der Waals surface area (Å²) in [6.07, 6.45) is 0. The summed E-state index contributed by atoms with van der Waals surface area (Å²) in [4.78, 5) is 25.8. The maximum atomic E-state index is 12.0. The van der Waals surface area contributed by atoms with Crippen molar-refractivity contribution >= 4 is 11.8 Å².